The van der Waals surface area contributed by atoms with Crippen LogP contribution in [0.1, 0.15) is 20.3 Å². The smallest absolute Gasteiger partial charge is 0.224 e. The van der Waals surface area contributed by atoms with Crippen molar-refractivity contribution in [3.05, 3.63) is 11.2 Å². The molecule has 7 heteroatoms. The first-order valence-corrected chi connectivity index (χ1v) is 7.89. The molecule has 0 saturated heterocycles. The van der Waals surface area contributed by atoms with Crippen LogP contribution in [0.25, 0.3) is 0 Å². The van der Waals surface area contributed by atoms with Gasteiger partial charge in [-0.1, -0.05) is 25.4 Å². The van der Waals surface area contributed by atoms with E-state index in [1.165, 1.54) is 0 Å². The lowest BCUT2D eigenvalue weighted by molar-refractivity contribution is 0.684. The van der Waals surface area contributed by atoms with E-state index in [1.807, 2.05) is 6.92 Å². The van der Waals surface area contributed by atoms with Gasteiger partial charge >= 0.3 is 0 Å². The summed E-state index contributed by atoms with van der Waals surface area (Å²) in [6, 6.07) is 0. The van der Waals surface area contributed by atoms with Crippen molar-refractivity contribution in [1.82, 2.24) is 9.97 Å². The molecule has 1 rings (SSSR count). The molecule has 0 saturated carbocycles. The predicted molar refractivity (Wildman–Crippen MR) is 77.9 cm³/mol. The lowest BCUT2D eigenvalue weighted by atomic mass is 10.5. The summed E-state index contributed by atoms with van der Waals surface area (Å²) in [6.45, 7) is 5.38. The molecule has 0 spiro atoms. The lowest BCUT2D eigenvalue weighted by Gasteiger charge is -2.09. The third-order valence-corrected chi connectivity index (χ3v) is 3.80. The second-order valence-electron chi connectivity index (χ2n) is 3.68. The zero-order chi connectivity index (χ0) is 13.4. The van der Waals surface area contributed by atoms with Gasteiger partial charge in [0.05, 0.1) is 6.20 Å². The normalized spacial score (nSPS) is 12.2. The molecular weight excluding hydrogens is 272 g/mol. The van der Waals surface area contributed by atoms with Gasteiger partial charge in [0, 0.05) is 35.4 Å². The molecule has 0 bridgehead atoms. The molecule has 1 heterocycles. The third-order valence-electron chi connectivity index (χ3n) is 2.22. The number of nitrogens with zero attached hydrogens (tertiary/aromatic N) is 2. The fourth-order valence-electron chi connectivity index (χ4n) is 1.24. The molecule has 1 aromatic rings. The molecule has 0 aliphatic heterocycles. The molecule has 1 atom stereocenters. The molecule has 18 heavy (non-hydrogen) atoms. The van der Waals surface area contributed by atoms with Crippen molar-refractivity contribution in [3.63, 3.8) is 0 Å². The van der Waals surface area contributed by atoms with Crippen molar-refractivity contribution >= 4 is 34.2 Å². The number of halogens is 1. The highest BCUT2D eigenvalue weighted by Crippen LogP contribution is 2.18. The lowest BCUT2D eigenvalue weighted by Crippen LogP contribution is -2.14. The van der Waals surface area contributed by atoms with Gasteiger partial charge in [0.15, 0.2) is 5.82 Å². The van der Waals surface area contributed by atoms with E-state index in [1.54, 1.807) is 6.20 Å². The number of hydrogen-bond acceptors (Lipinski definition) is 5. The fourth-order valence-corrected chi connectivity index (χ4v) is 2.02. The van der Waals surface area contributed by atoms with Gasteiger partial charge in [-0.15, -0.1) is 0 Å². The average molecular weight is 291 g/mol. The van der Waals surface area contributed by atoms with Gasteiger partial charge in [-0.05, 0) is 6.42 Å². The van der Waals surface area contributed by atoms with Gasteiger partial charge in [-0.2, -0.15) is 4.98 Å². The van der Waals surface area contributed by atoms with E-state index >= 15 is 0 Å². The highest BCUT2D eigenvalue weighted by atomic mass is 35.5. The van der Waals surface area contributed by atoms with E-state index in [0.29, 0.717) is 34.8 Å². The second-order valence-corrected chi connectivity index (χ2v) is 5.95. The minimum atomic E-state index is -0.782. The Hall–Kier alpha value is -0.880. The summed E-state index contributed by atoms with van der Waals surface area (Å²) < 4.78 is 11.3. The quantitative estimate of drug-likeness (QED) is 0.768. The minimum absolute atomic E-state index is 0.472. The van der Waals surface area contributed by atoms with E-state index in [4.69, 9.17) is 11.6 Å². The highest BCUT2D eigenvalue weighted by molar-refractivity contribution is 7.84. The first-order chi connectivity index (χ1) is 8.67. The van der Waals surface area contributed by atoms with Gasteiger partial charge in [-0.25, -0.2) is 4.98 Å². The Morgan fingerprint density at radius 1 is 1.33 bits per heavy atom. The van der Waals surface area contributed by atoms with Crippen LogP contribution in [0, 0.1) is 0 Å². The predicted octanol–water partition coefficient (Wildman–Crippen LogP) is 2.13. The molecule has 5 nitrogen and oxygen atoms in total. The van der Waals surface area contributed by atoms with Gasteiger partial charge in [0.2, 0.25) is 5.95 Å². The van der Waals surface area contributed by atoms with Crippen LogP contribution >= 0.6 is 11.6 Å². The van der Waals surface area contributed by atoms with Gasteiger partial charge in [0.25, 0.3) is 0 Å². The van der Waals surface area contributed by atoms with E-state index in [2.05, 4.69) is 27.5 Å². The maximum atomic E-state index is 11.3. The van der Waals surface area contributed by atoms with E-state index < -0.39 is 10.8 Å². The summed E-state index contributed by atoms with van der Waals surface area (Å²) in [5.74, 6) is 2.40. The van der Waals surface area contributed by atoms with Crippen LogP contribution in [0.2, 0.25) is 5.02 Å². The first-order valence-electron chi connectivity index (χ1n) is 6.02. The average Bonchev–Trinajstić information content (AvgIpc) is 2.39. The molecule has 0 fully saturated rings. The summed E-state index contributed by atoms with van der Waals surface area (Å²) in [5, 5.41) is 6.64. The first kappa shape index (κ1) is 15.2. The molecule has 0 aliphatic rings. The Labute approximate surface area is 115 Å². The van der Waals surface area contributed by atoms with Crippen molar-refractivity contribution in [1.29, 1.82) is 0 Å². The Morgan fingerprint density at radius 3 is 2.78 bits per heavy atom. The van der Waals surface area contributed by atoms with Gasteiger partial charge < -0.3 is 10.6 Å². The Morgan fingerprint density at radius 2 is 2.11 bits per heavy atom. The van der Waals surface area contributed by atoms with E-state index in [0.717, 1.165) is 13.0 Å². The van der Waals surface area contributed by atoms with Crippen LogP contribution in [0.15, 0.2) is 6.20 Å². The molecule has 0 aliphatic carbocycles. The van der Waals surface area contributed by atoms with Crippen LogP contribution in [0.4, 0.5) is 11.8 Å². The summed E-state index contributed by atoms with van der Waals surface area (Å²) in [4.78, 5) is 8.35. The summed E-state index contributed by atoms with van der Waals surface area (Å²) >= 11 is 5.99. The van der Waals surface area contributed by atoms with E-state index in [9.17, 15) is 4.21 Å². The van der Waals surface area contributed by atoms with Gasteiger partial charge in [0.1, 0.15) is 5.02 Å². The number of aromatic nitrogens is 2. The molecule has 102 valence electrons. The van der Waals surface area contributed by atoms with Crippen molar-refractivity contribution in [2.24, 2.45) is 0 Å². The molecule has 1 aromatic heterocycles. The standard InChI is InChI=1S/C11H19ClN4OS/c1-3-5-14-11-15-8-9(12)10(16-11)13-6-7-18(17)4-2/h8H,3-7H2,1-2H3,(H2,13,14,15,16). The molecule has 2 N–H and O–H groups in total. The highest BCUT2D eigenvalue weighted by Gasteiger charge is 2.05. The van der Waals surface area contributed by atoms with Crippen LogP contribution in [-0.4, -0.2) is 38.8 Å². The third kappa shape index (κ3) is 5.18. The number of nitrogens with one attached hydrogen (secondary N) is 2. The summed E-state index contributed by atoms with van der Waals surface area (Å²) in [6.07, 6.45) is 2.57. The SMILES string of the molecule is CCCNc1ncc(Cl)c(NCCS(=O)CC)n1. The van der Waals surface area contributed by atoms with Crippen LogP contribution in [-0.2, 0) is 10.8 Å². The van der Waals surface area contributed by atoms with Crippen molar-refractivity contribution in [2.75, 3.05) is 35.2 Å². The number of rotatable bonds is 8. The monoisotopic (exact) mass is 290 g/mol. The van der Waals surface area contributed by atoms with E-state index in [-0.39, 0.29) is 0 Å². The number of hydrogen-bond donors (Lipinski definition) is 2. The molecule has 0 radical (unpaired) electrons. The second kappa shape index (κ2) is 8.26. The molecule has 0 aromatic carbocycles. The number of anilines is 2. The molecule has 0 amide bonds. The zero-order valence-electron chi connectivity index (χ0n) is 10.7. The summed E-state index contributed by atoms with van der Waals surface area (Å²) in [7, 11) is -0.782. The van der Waals surface area contributed by atoms with Crippen molar-refractivity contribution < 1.29 is 4.21 Å². The van der Waals surface area contributed by atoms with Crippen LogP contribution < -0.4 is 10.6 Å². The Bertz CT molecular complexity index is 403. The zero-order valence-corrected chi connectivity index (χ0v) is 12.3. The van der Waals surface area contributed by atoms with Crippen molar-refractivity contribution in [3.8, 4) is 0 Å². The van der Waals surface area contributed by atoms with Crippen LogP contribution in [0.3, 0.4) is 0 Å². The largest absolute Gasteiger partial charge is 0.368 e. The fraction of sp³-hybridized carbons (Fsp3) is 0.636. The molecule has 1 unspecified atom stereocenters. The van der Waals surface area contributed by atoms with Crippen molar-refractivity contribution in [2.45, 2.75) is 20.3 Å². The minimum Gasteiger partial charge on any atom is -0.368 e. The van der Waals surface area contributed by atoms with Crippen LogP contribution in [0.5, 0.6) is 0 Å². The summed E-state index contributed by atoms with van der Waals surface area (Å²) in [5.41, 5.74) is 0. The maximum Gasteiger partial charge on any atom is 0.224 e. The molecular formula is C11H19ClN4OS. The Balaban J connectivity index is 2.55. The van der Waals surface area contributed by atoms with Gasteiger partial charge in [-0.3, -0.25) is 4.21 Å². The maximum absolute atomic E-state index is 11.3. The Kier molecular flexibility index (Phi) is 6.97. The topological polar surface area (TPSA) is 66.9 Å².